The molecule has 94 valence electrons. The van der Waals surface area contributed by atoms with Gasteiger partial charge >= 0.3 is 0 Å². The van der Waals surface area contributed by atoms with Crippen LogP contribution < -0.4 is 5.32 Å². The molecule has 0 bridgehead atoms. The average Bonchev–Trinajstić information content (AvgIpc) is 2.69. The molecule has 0 amide bonds. The molecule has 3 nitrogen and oxygen atoms in total. The predicted molar refractivity (Wildman–Crippen MR) is 74.0 cm³/mol. The first-order chi connectivity index (χ1) is 7.97. The van der Waals surface area contributed by atoms with Crippen molar-refractivity contribution in [3.63, 3.8) is 0 Å². The minimum Gasteiger partial charge on any atom is -0.381 e. The molecule has 1 aromatic rings. The van der Waals surface area contributed by atoms with Crippen molar-refractivity contribution in [2.24, 2.45) is 0 Å². The van der Waals surface area contributed by atoms with Crippen molar-refractivity contribution in [3.05, 3.63) is 28.7 Å². The van der Waals surface area contributed by atoms with Crippen molar-refractivity contribution in [1.82, 2.24) is 0 Å². The van der Waals surface area contributed by atoms with Gasteiger partial charge in [-0.25, -0.2) is 8.42 Å². The highest BCUT2D eigenvalue weighted by atomic mass is 79.9. The lowest BCUT2D eigenvalue weighted by Crippen LogP contribution is -2.34. The van der Waals surface area contributed by atoms with Crippen molar-refractivity contribution in [2.45, 2.75) is 30.6 Å². The number of rotatable bonds is 3. The van der Waals surface area contributed by atoms with Crippen LogP contribution >= 0.6 is 15.9 Å². The molecule has 0 aliphatic heterocycles. The lowest BCUT2D eigenvalue weighted by atomic mass is 10.2. The maximum atomic E-state index is 11.6. The molecule has 1 saturated carbocycles. The van der Waals surface area contributed by atoms with E-state index < -0.39 is 9.84 Å². The molecule has 0 heterocycles. The second-order valence-corrected chi connectivity index (χ2v) is 7.74. The second-order valence-electron chi connectivity index (χ2n) is 4.56. The van der Waals surface area contributed by atoms with Crippen molar-refractivity contribution in [1.29, 1.82) is 0 Å². The normalized spacial score (nSPS) is 24.8. The molecule has 0 saturated heterocycles. The first kappa shape index (κ1) is 12.9. The van der Waals surface area contributed by atoms with E-state index in [2.05, 4.69) is 21.2 Å². The zero-order valence-electron chi connectivity index (χ0n) is 9.69. The summed E-state index contributed by atoms with van der Waals surface area (Å²) in [5.41, 5.74) is 0.980. The largest absolute Gasteiger partial charge is 0.381 e. The van der Waals surface area contributed by atoms with Crippen LogP contribution in [0, 0.1) is 0 Å². The van der Waals surface area contributed by atoms with Gasteiger partial charge in [0.2, 0.25) is 0 Å². The number of sulfone groups is 1. The van der Waals surface area contributed by atoms with Gasteiger partial charge in [-0.05, 0) is 43.5 Å². The summed E-state index contributed by atoms with van der Waals surface area (Å²) in [6.45, 7) is 0. The molecule has 1 fully saturated rings. The van der Waals surface area contributed by atoms with Crippen molar-refractivity contribution >= 4 is 31.5 Å². The number of nitrogens with one attached hydrogen (secondary N) is 1. The van der Waals surface area contributed by atoms with E-state index in [9.17, 15) is 8.42 Å². The fourth-order valence-electron chi connectivity index (χ4n) is 2.36. The third-order valence-electron chi connectivity index (χ3n) is 3.20. The lowest BCUT2D eigenvalue weighted by molar-refractivity contribution is 0.579. The fraction of sp³-hybridized carbons (Fsp3) is 0.500. The minimum atomic E-state index is -2.95. The molecule has 0 spiro atoms. The maximum Gasteiger partial charge on any atom is 0.152 e. The van der Waals surface area contributed by atoms with Gasteiger partial charge in [0.25, 0.3) is 0 Å². The van der Waals surface area contributed by atoms with Crippen LogP contribution in [-0.4, -0.2) is 26.0 Å². The standard InChI is InChI=1S/C12H16BrNO2S/c1-17(15,16)12-4-2-3-11(12)14-10-7-5-9(13)6-8-10/h5-8,11-12,14H,2-4H2,1H3. The fourth-order valence-corrected chi connectivity index (χ4v) is 4.02. The molecule has 2 rings (SSSR count). The zero-order valence-corrected chi connectivity index (χ0v) is 12.1. The molecule has 1 aliphatic carbocycles. The van der Waals surface area contributed by atoms with Crippen LogP contribution in [0.1, 0.15) is 19.3 Å². The van der Waals surface area contributed by atoms with Crippen molar-refractivity contribution in [2.75, 3.05) is 11.6 Å². The summed E-state index contributed by atoms with van der Waals surface area (Å²) >= 11 is 3.38. The van der Waals surface area contributed by atoms with Crippen LogP contribution in [0.2, 0.25) is 0 Å². The Morgan fingerprint density at radius 3 is 2.47 bits per heavy atom. The first-order valence-electron chi connectivity index (χ1n) is 5.68. The highest BCUT2D eigenvalue weighted by Gasteiger charge is 2.34. The van der Waals surface area contributed by atoms with Gasteiger partial charge in [0, 0.05) is 22.5 Å². The third kappa shape index (κ3) is 3.22. The van der Waals surface area contributed by atoms with Gasteiger partial charge in [-0.3, -0.25) is 0 Å². The second kappa shape index (κ2) is 4.98. The number of hydrogen-bond acceptors (Lipinski definition) is 3. The Morgan fingerprint density at radius 2 is 1.88 bits per heavy atom. The molecular weight excluding hydrogens is 302 g/mol. The van der Waals surface area contributed by atoms with Gasteiger partial charge in [0.05, 0.1) is 5.25 Å². The highest BCUT2D eigenvalue weighted by Crippen LogP contribution is 2.28. The molecule has 17 heavy (non-hydrogen) atoms. The molecule has 1 N–H and O–H groups in total. The van der Waals surface area contributed by atoms with Crippen LogP contribution in [0.3, 0.4) is 0 Å². The molecule has 1 aliphatic rings. The summed E-state index contributed by atoms with van der Waals surface area (Å²) < 4.78 is 24.3. The number of benzene rings is 1. The quantitative estimate of drug-likeness (QED) is 0.932. The van der Waals surface area contributed by atoms with E-state index in [4.69, 9.17) is 0 Å². The van der Waals surface area contributed by atoms with Crippen LogP contribution in [0.5, 0.6) is 0 Å². The topological polar surface area (TPSA) is 46.2 Å². The molecule has 0 radical (unpaired) electrons. The Labute approximate surface area is 111 Å². The number of hydrogen-bond donors (Lipinski definition) is 1. The summed E-state index contributed by atoms with van der Waals surface area (Å²) in [5.74, 6) is 0. The Morgan fingerprint density at radius 1 is 1.24 bits per heavy atom. The molecule has 2 unspecified atom stereocenters. The van der Waals surface area contributed by atoms with Crippen molar-refractivity contribution in [3.8, 4) is 0 Å². The third-order valence-corrected chi connectivity index (χ3v) is 5.39. The van der Waals surface area contributed by atoms with Crippen LogP contribution in [0.4, 0.5) is 5.69 Å². The van der Waals surface area contributed by atoms with E-state index in [0.717, 1.165) is 29.4 Å². The van der Waals surface area contributed by atoms with Crippen LogP contribution in [0.25, 0.3) is 0 Å². The summed E-state index contributed by atoms with van der Waals surface area (Å²) in [6.07, 6.45) is 4.01. The summed E-state index contributed by atoms with van der Waals surface area (Å²) in [6, 6.07) is 7.87. The van der Waals surface area contributed by atoms with Crippen LogP contribution in [-0.2, 0) is 9.84 Å². The first-order valence-corrected chi connectivity index (χ1v) is 8.42. The SMILES string of the molecule is CS(=O)(=O)C1CCCC1Nc1ccc(Br)cc1. The van der Waals surface area contributed by atoms with Crippen molar-refractivity contribution < 1.29 is 8.42 Å². The van der Waals surface area contributed by atoms with Gasteiger partial charge in [-0.2, -0.15) is 0 Å². The lowest BCUT2D eigenvalue weighted by Gasteiger charge is -2.20. The summed E-state index contributed by atoms with van der Waals surface area (Å²) in [4.78, 5) is 0. The monoisotopic (exact) mass is 317 g/mol. The van der Waals surface area contributed by atoms with Gasteiger partial charge in [0.1, 0.15) is 0 Å². The molecule has 5 heteroatoms. The predicted octanol–water partition coefficient (Wildman–Crippen LogP) is 2.83. The summed E-state index contributed by atoms with van der Waals surface area (Å²) in [7, 11) is -2.95. The zero-order chi connectivity index (χ0) is 12.5. The molecule has 0 aromatic heterocycles. The van der Waals surface area contributed by atoms with E-state index in [1.54, 1.807) is 0 Å². The molecule has 2 atom stereocenters. The van der Waals surface area contributed by atoms with Gasteiger partial charge in [-0.1, -0.05) is 15.9 Å². The Kier molecular flexibility index (Phi) is 3.78. The van der Waals surface area contributed by atoms with E-state index in [-0.39, 0.29) is 11.3 Å². The van der Waals surface area contributed by atoms with Gasteiger partial charge in [-0.15, -0.1) is 0 Å². The van der Waals surface area contributed by atoms with E-state index in [1.165, 1.54) is 6.26 Å². The minimum absolute atomic E-state index is 0.0474. The Hall–Kier alpha value is -0.550. The van der Waals surface area contributed by atoms with Crippen LogP contribution in [0.15, 0.2) is 28.7 Å². The number of anilines is 1. The average molecular weight is 318 g/mol. The van der Waals surface area contributed by atoms with Gasteiger partial charge in [0.15, 0.2) is 9.84 Å². The number of halogens is 1. The Balaban J connectivity index is 2.11. The maximum absolute atomic E-state index is 11.6. The highest BCUT2D eigenvalue weighted by molar-refractivity contribution is 9.10. The molecular formula is C12H16BrNO2S. The van der Waals surface area contributed by atoms with E-state index >= 15 is 0 Å². The van der Waals surface area contributed by atoms with E-state index in [0.29, 0.717) is 0 Å². The van der Waals surface area contributed by atoms with E-state index in [1.807, 2.05) is 24.3 Å². The molecule has 1 aromatic carbocycles. The Bertz CT molecular complexity index is 484. The smallest absolute Gasteiger partial charge is 0.152 e. The summed E-state index contributed by atoms with van der Waals surface area (Å²) in [5, 5.41) is 3.08. The van der Waals surface area contributed by atoms with Gasteiger partial charge < -0.3 is 5.32 Å².